The molecule has 1 aromatic carbocycles. The summed E-state index contributed by atoms with van der Waals surface area (Å²) < 4.78 is 0. The molecule has 3 rings (SSSR count). The maximum absolute atomic E-state index is 4.62. The van der Waals surface area contributed by atoms with E-state index in [1.807, 2.05) is 12.2 Å². The van der Waals surface area contributed by atoms with E-state index in [-0.39, 0.29) is 12.1 Å². The largest absolute Gasteiger partial charge is 0.269 e. The SMILES string of the molecule is C=C.C=C/C1=C(\C=C)C2N=NN(CCCC)C2c2ccccc2CC1. The standard InChI is InChI=1S/C20H25N3.C2H4/c1-4-7-14-23-20-18-11-9-8-10-16(18)13-12-15(5-2)17(6-3)19(20)21-22-23;1-2/h5-6,8-11,19-20H,2-4,7,12-14H2,1H3;1-2H2/b17-15-;. The van der Waals surface area contributed by atoms with E-state index in [2.05, 4.69) is 72.9 Å². The molecule has 0 bridgehead atoms. The molecule has 0 saturated carbocycles. The summed E-state index contributed by atoms with van der Waals surface area (Å²) in [4.78, 5) is 0. The number of unbranched alkanes of at least 4 members (excludes halogenated alkanes) is 1. The zero-order valence-corrected chi connectivity index (χ0v) is 15.3. The summed E-state index contributed by atoms with van der Waals surface area (Å²) >= 11 is 0. The highest BCUT2D eigenvalue weighted by atomic mass is 15.6. The lowest BCUT2D eigenvalue weighted by Gasteiger charge is -2.31. The predicted octanol–water partition coefficient (Wildman–Crippen LogP) is 6.00. The Morgan fingerprint density at radius 2 is 1.92 bits per heavy atom. The highest BCUT2D eigenvalue weighted by Gasteiger charge is 2.38. The van der Waals surface area contributed by atoms with Crippen LogP contribution in [-0.4, -0.2) is 17.6 Å². The van der Waals surface area contributed by atoms with E-state index in [0.29, 0.717) is 0 Å². The van der Waals surface area contributed by atoms with E-state index < -0.39 is 0 Å². The molecule has 3 heteroatoms. The number of aryl methyl sites for hydroxylation is 1. The maximum Gasteiger partial charge on any atom is 0.124 e. The third-order valence-electron chi connectivity index (χ3n) is 4.85. The topological polar surface area (TPSA) is 28.0 Å². The van der Waals surface area contributed by atoms with Gasteiger partial charge in [-0.2, -0.15) is 5.11 Å². The van der Waals surface area contributed by atoms with Crippen molar-refractivity contribution in [2.45, 2.75) is 44.7 Å². The first-order valence-electron chi connectivity index (χ1n) is 9.03. The van der Waals surface area contributed by atoms with Crippen LogP contribution in [0.2, 0.25) is 0 Å². The van der Waals surface area contributed by atoms with Gasteiger partial charge in [0, 0.05) is 6.54 Å². The van der Waals surface area contributed by atoms with Crippen LogP contribution in [-0.2, 0) is 6.42 Å². The summed E-state index contributed by atoms with van der Waals surface area (Å²) in [6.45, 7) is 17.2. The van der Waals surface area contributed by atoms with Crippen LogP contribution in [0.1, 0.15) is 43.4 Å². The zero-order valence-electron chi connectivity index (χ0n) is 15.3. The van der Waals surface area contributed by atoms with Crippen molar-refractivity contribution in [3.05, 3.63) is 85.0 Å². The molecule has 0 fully saturated rings. The van der Waals surface area contributed by atoms with Crippen molar-refractivity contribution in [1.82, 2.24) is 5.01 Å². The lowest BCUT2D eigenvalue weighted by atomic mass is 9.83. The first-order valence-corrected chi connectivity index (χ1v) is 9.03. The van der Waals surface area contributed by atoms with Gasteiger partial charge in [0.15, 0.2) is 0 Å². The van der Waals surface area contributed by atoms with Gasteiger partial charge >= 0.3 is 0 Å². The second-order valence-electron chi connectivity index (χ2n) is 6.20. The van der Waals surface area contributed by atoms with E-state index in [1.54, 1.807) is 0 Å². The quantitative estimate of drug-likeness (QED) is 0.607. The van der Waals surface area contributed by atoms with Crippen LogP contribution in [0.5, 0.6) is 0 Å². The monoisotopic (exact) mass is 335 g/mol. The fraction of sp³-hybridized carbons (Fsp3) is 0.364. The fourth-order valence-electron chi connectivity index (χ4n) is 3.60. The van der Waals surface area contributed by atoms with Gasteiger partial charge in [-0.05, 0) is 41.5 Å². The van der Waals surface area contributed by atoms with Crippen LogP contribution in [0.25, 0.3) is 0 Å². The van der Waals surface area contributed by atoms with Gasteiger partial charge in [0.1, 0.15) is 12.1 Å². The Hall–Kier alpha value is -2.42. The molecule has 1 aliphatic carbocycles. The Bertz CT molecular complexity index is 672. The van der Waals surface area contributed by atoms with Crippen LogP contribution in [0, 0.1) is 0 Å². The summed E-state index contributed by atoms with van der Waals surface area (Å²) in [7, 11) is 0. The van der Waals surface area contributed by atoms with Crippen molar-refractivity contribution in [3.8, 4) is 0 Å². The van der Waals surface area contributed by atoms with Crippen molar-refractivity contribution >= 4 is 0 Å². The molecule has 1 aromatic rings. The lowest BCUT2D eigenvalue weighted by Crippen LogP contribution is -2.30. The summed E-state index contributed by atoms with van der Waals surface area (Å²) in [5.41, 5.74) is 5.20. The molecule has 0 spiro atoms. The predicted molar refractivity (Wildman–Crippen MR) is 106 cm³/mol. The molecule has 2 atom stereocenters. The molecule has 132 valence electrons. The van der Waals surface area contributed by atoms with Gasteiger partial charge < -0.3 is 0 Å². The highest BCUT2D eigenvalue weighted by molar-refractivity contribution is 5.44. The first-order chi connectivity index (χ1) is 12.3. The average Bonchev–Trinajstić information content (AvgIpc) is 3.06. The first kappa shape index (κ1) is 18.9. The second-order valence-corrected chi connectivity index (χ2v) is 6.20. The minimum Gasteiger partial charge on any atom is -0.269 e. The Morgan fingerprint density at radius 3 is 2.60 bits per heavy atom. The van der Waals surface area contributed by atoms with Crippen LogP contribution in [0.4, 0.5) is 0 Å². The molecule has 1 aliphatic heterocycles. The summed E-state index contributed by atoms with van der Waals surface area (Å²) in [6, 6.07) is 8.93. The lowest BCUT2D eigenvalue weighted by molar-refractivity contribution is 0.223. The molecule has 2 unspecified atom stereocenters. The molecule has 0 radical (unpaired) electrons. The van der Waals surface area contributed by atoms with Gasteiger partial charge in [-0.1, -0.05) is 68.1 Å². The number of hydrogen-bond donors (Lipinski definition) is 0. The minimum absolute atomic E-state index is 0.0267. The molecular formula is C22H29N3. The Kier molecular flexibility index (Phi) is 6.93. The fourth-order valence-corrected chi connectivity index (χ4v) is 3.60. The molecule has 0 N–H and O–H groups in total. The van der Waals surface area contributed by atoms with E-state index in [0.717, 1.165) is 32.2 Å². The van der Waals surface area contributed by atoms with Gasteiger partial charge in [-0.25, -0.2) is 0 Å². The Balaban J connectivity index is 0.00000109. The highest BCUT2D eigenvalue weighted by Crippen LogP contribution is 2.41. The van der Waals surface area contributed by atoms with Gasteiger partial charge in [0.25, 0.3) is 0 Å². The Morgan fingerprint density at radius 1 is 1.16 bits per heavy atom. The molecule has 0 amide bonds. The maximum atomic E-state index is 4.62. The second kappa shape index (κ2) is 9.16. The summed E-state index contributed by atoms with van der Waals surface area (Å²) in [5.74, 6) is 0. The van der Waals surface area contributed by atoms with Gasteiger partial charge in [0.05, 0.1) is 0 Å². The number of nitrogens with zero attached hydrogens (tertiary/aromatic N) is 3. The molecule has 2 aliphatic rings. The smallest absolute Gasteiger partial charge is 0.124 e. The van der Waals surface area contributed by atoms with Crippen molar-refractivity contribution < 1.29 is 0 Å². The molecular weight excluding hydrogens is 306 g/mol. The van der Waals surface area contributed by atoms with Gasteiger partial charge in [-0.3, -0.25) is 5.01 Å². The van der Waals surface area contributed by atoms with Crippen LogP contribution >= 0.6 is 0 Å². The minimum atomic E-state index is 0.0267. The molecule has 25 heavy (non-hydrogen) atoms. The number of rotatable bonds is 5. The van der Waals surface area contributed by atoms with Crippen LogP contribution < -0.4 is 0 Å². The molecule has 0 saturated heterocycles. The van der Waals surface area contributed by atoms with Crippen molar-refractivity contribution in [2.75, 3.05) is 6.54 Å². The normalized spacial score (nSPS) is 24.3. The molecule has 1 heterocycles. The number of allylic oxidation sites excluding steroid dienone is 2. The van der Waals surface area contributed by atoms with Crippen molar-refractivity contribution in [3.63, 3.8) is 0 Å². The third kappa shape index (κ3) is 3.81. The molecule has 3 nitrogen and oxygen atoms in total. The third-order valence-corrected chi connectivity index (χ3v) is 4.85. The van der Waals surface area contributed by atoms with E-state index in [4.69, 9.17) is 0 Å². The average molecular weight is 335 g/mol. The number of fused-ring (bicyclic) bond motifs is 3. The van der Waals surface area contributed by atoms with Crippen molar-refractivity contribution in [1.29, 1.82) is 0 Å². The van der Waals surface area contributed by atoms with Crippen LogP contribution in [0.15, 0.2) is 84.2 Å². The van der Waals surface area contributed by atoms with Crippen LogP contribution in [0.3, 0.4) is 0 Å². The number of benzene rings is 1. The van der Waals surface area contributed by atoms with Gasteiger partial charge in [0.2, 0.25) is 0 Å². The van der Waals surface area contributed by atoms with E-state index in [9.17, 15) is 0 Å². The Labute approximate surface area is 152 Å². The number of hydrogen-bond acceptors (Lipinski definition) is 3. The van der Waals surface area contributed by atoms with Gasteiger partial charge in [-0.15, -0.1) is 13.2 Å². The summed E-state index contributed by atoms with van der Waals surface area (Å²) in [5, 5.41) is 11.3. The van der Waals surface area contributed by atoms with Crippen molar-refractivity contribution in [2.24, 2.45) is 10.3 Å². The van der Waals surface area contributed by atoms with E-state index >= 15 is 0 Å². The summed E-state index contributed by atoms with van der Waals surface area (Å²) in [6.07, 6.45) is 8.21. The molecule has 0 aromatic heterocycles. The zero-order chi connectivity index (χ0) is 18.2. The van der Waals surface area contributed by atoms with E-state index in [1.165, 1.54) is 22.3 Å².